The number of hydrogen-bond acceptors (Lipinski definition) is 4. The van der Waals surface area contributed by atoms with Crippen molar-refractivity contribution in [1.29, 1.82) is 0 Å². The number of ether oxygens (including phenoxy) is 1. The van der Waals surface area contributed by atoms with Crippen LogP contribution >= 0.6 is 11.6 Å². The highest BCUT2D eigenvalue weighted by atomic mass is 35.5. The fourth-order valence-electron chi connectivity index (χ4n) is 1.04. The second kappa shape index (κ2) is 9.39. The first-order valence-corrected chi connectivity index (χ1v) is 7.68. The first-order valence-electron chi connectivity index (χ1n) is 5.08. The van der Waals surface area contributed by atoms with Crippen molar-refractivity contribution in [3.63, 3.8) is 0 Å². The van der Waals surface area contributed by atoms with Gasteiger partial charge in [0.05, 0.1) is 12.4 Å². The van der Waals surface area contributed by atoms with E-state index >= 15 is 0 Å². The summed E-state index contributed by atoms with van der Waals surface area (Å²) in [6, 6.07) is 0. The van der Waals surface area contributed by atoms with Crippen LogP contribution < -0.4 is 5.32 Å². The van der Waals surface area contributed by atoms with Crippen molar-refractivity contribution in [2.24, 2.45) is 0 Å². The Morgan fingerprint density at radius 3 is 2.47 bits per heavy atom. The number of sulfone groups is 1. The summed E-state index contributed by atoms with van der Waals surface area (Å²) < 4.78 is 26.7. The second-order valence-electron chi connectivity index (χ2n) is 3.39. The van der Waals surface area contributed by atoms with Gasteiger partial charge in [-0.1, -0.05) is 0 Å². The molecule has 0 spiro atoms. The van der Waals surface area contributed by atoms with Gasteiger partial charge in [-0.3, -0.25) is 0 Å². The molecule has 0 saturated carbocycles. The van der Waals surface area contributed by atoms with Crippen molar-refractivity contribution in [2.45, 2.75) is 12.8 Å². The van der Waals surface area contributed by atoms with E-state index in [-0.39, 0.29) is 5.75 Å². The molecule has 0 fully saturated rings. The van der Waals surface area contributed by atoms with E-state index in [1.165, 1.54) is 6.26 Å². The Hall–Kier alpha value is 0.160. The fraction of sp³-hybridized carbons (Fsp3) is 1.00. The molecular formula is C9H20ClNO3S. The van der Waals surface area contributed by atoms with Crippen LogP contribution in [0.2, 0.25) is 0 Å². The SMILES string of the molecule is CS(=O)(=O)CCCNCCCOCCCl. The summed E-state index contributed by atoms with van der Waals surface area (Å²) in [5, 5.41) is 3.16. The molecule has 0 aromatic rings. The molecule has 6 heteroatoms. The molecule has 0 aliphatic carbocycles. The summed E-state index contributed by atoms with van der Waals surface area (Å²) in [7, 11) is -2.81. The van der Waals surface area contributed by atoms with Gasteiger partial charge in [-0.15, -0.1) is 11.6 Å². The third kappa shape index (κ3) is 14.2. The molecule has 0 aliphatic heterocycles. The van der Waals surface area contributed by atoms with Gasteiger partial charge in [0.2, 0.25) is 0 Å². The van der Waals surface area contributed by atoms with Crippen LogP contribution in [0, 0.1) is 0 Å². The Kier molecular flexibility index (Phi) is 9.49. The zero-order valence-electron chi connectivity index (χ0n) is 9.17. The predicted octanol–water partition coefficient (Wildman–Crippen LogP) is 0.656. The number of alkyl halides is 1. The Balaban J connectivity index is 3.06. The molecule has 0 aromatic carbocycles. The van der Waals surface area contributed by atoms with Crippen LogP contribution in [-0.2, 0) is 14.6 Å². The van der Waals surface area contributed by atoms with Crippen LogP contribution in [0.1, 0.15) is 12.8 Å². The lowest BCUT2D eigenvalue weighted by Gasteiger charge is -2.04. The first-order chi connectivity index (χ1) is 7.06. The fourth-order valence-corrected chi connectivity index (χ4v) is 1.82. The normalized spacial score (nSPS) is 11.9. The summed E-state index contributed by atoms with van der Waals surface area (Å²) in [6.07, 6.45) is 2.85. The summed E-state index contributed by atoms with van der Waals surface area (Å²) in [6.45, 7) is 2.88. The predicted molar refractivity (Wildman–Crippen MR) is 63.4 cm³/mol. The van der Waals surface area contributed by atoms with Gasteiger partial charge in [0, 0.05) is 18.7 Å². The molecule has 0 aromatic heterocycles. The van der Waals surface area contributed by atoms with Crippen LogP contribution in [0.5, 0.6) is 0 Å². The van der Waals surface area contributed by atoms with E-state index in [9.17, 15) is 8.42 Å². The second-order valence-corrected chi connectivity index (χ2v) is 6.03. The maximum atomic E-state index is 10.8. The van der Waals surface area contributed by atoms with E-state index in [1.807, 2.05) is 0 Å². The lowest BCUT2D eigenvalue weighted by molar-refractivity contribution is 0.146. The van der Waals surface area contributed by atoms with Crippen molar-refractivity contribution in [1.82, 2.24) is 5.32 Å². The highest BCUT2D eigenvalue weighted by Gasteiger charge is 2.00. The standard InChI is InChI=1S/C9H20ClNO3S/c1-15(12,13)9-3-6-11-5-2-7-14-8-4-10/h11H,2-9H2,1H3. The van der Waals surface area contributed by atoms with Crippen molar-refractivity contribution in [3.8, 4) is 0 Å². The van der Waals surface area contributed by atoms with Crippen LogP contribution in [0.15, 0.2) is 0 Å². The molecule has 0 bridgehead atoms. The lowest BCUT2D eigenvalue weighted by atomic mass is 10.4. The maximum Gasteiger partial charge on any atom is 0.147 e. The van der Waals surface area contributed by atoms with Gasteiger partial charge in [0.1, 0.15) is 9.84 Å². The van der Waals surface area contributed by atoms with Crippen LogP contribution in [0.4, 0.5) is 0 Å². The average Bonchev–Trinajstić information content (AvgIpc) is 2.14. The van der Waals surface area contributed by atoms with Gasteiger partial charge in [-0.25, -0.2) is 8.42 Å². The minimum Gasteiger partial charge on any atom is -0.380 e. The number of halogens is 1. The summed E-state index contributed by atoms with van der Waals surface area (Å²) in [5.41, 5.74) is 0. The molecule has 15 heavy (non-hydrogen) atoms. The molecule has 0 saturated heterocycles. The molecule has 0 unspecified atom stereocenters. The smallest absolute Gasteiger partial charge is 0.147 e. The van der Waals surface area contributed by atoms with E-state index in [0.29, 0.717) is 25.5 Å². The highest BCUT2D eigenvalue weighted by molar-refractivity contribution is 7.90. The van der Waals surface area contributed by atoms with E-state index in [2.05, 4.69) is 5.32 Å². The lowest BCUT2D eigenvalue weighted by Crippen LogP contribution is -2.20. The van der Waals surface area contributed by atoms with Crippen LogP contribution in [0.3, 0.4) is 0 Å². The number of nitrogens with one attached hydrogen (secondary N) is 1. The minimum atomic E-state index is -2.81. The van der Waals surface area contributed by atoms with Gasteiger partial charge in [0.15, 0.2) is 0 Å². The van der Waals surface area contributed by atoms with E-state index in [4.69, 9.17) is 16.3 Å². The van der Waals surface area contributed by atoms with E-state index in [0.717, 1.165) is 19.5 Å². The highest BCUT2D eigenvalue weighted by Crippen LogP contribution is 1.87. The van der Waals surface area contributed by atoms with Crippen LogP contribution in [-0.4, -0.2) is 52.6 Å². The third-order valence-corrected chi connectivity index (χ3v) is 2.92. The molecule has 1 N–H and O–H groups in total. The van der Waals surface area contributed by atoms with Gasteiger partial charge >= 0.3 is 0 Å². The Morgan fingerprint density at radius 2 is 1.87 bits per heavy atom. The molecular weight excluding hydrogens is 238 g/mol. The Labute approximate surface area is 97.3 Å². The van der Waals surface area contributed by atoms with Crippen LogP contribution in [0.25, 0.3) is 0 Å². The van der Waals surface area contributed by atoms with Gasteiger partial charge in [-0.05, 0) is 25.9 Å². The minimum absolute atomic E-state index is 0.253. The molecule has 0 radical (unpaired) electrons. The Morgan fingerprint density at radius 1 is 1.20 bits per heavy atom. The quantitative estimate of drug-likeness (QED) is 0.461. The van der Waals surface area contributed by atoms with Gasteiger partial charge in [0.25, 0.3) is 0 Å². The summed E-state index contributed by atoms with van der Waals surface area (Å²) >= 11 is 5.43. The molecule has 92 valence electrons. The maximum absolute atomic E-state index is 10.8. The molecule has 0 rings (SSSR count). The van der Waals surface area contributed by atoms with E-state index < -0.39 is 9.84 Å². The molecule has 4 nitrogen and oxygen atoms in total. The third-order valence-electron chi connectivity index (χ3n) is 1.73. The number of hydrogen-bond donors (Lipinski definition) is 1. The van der Waals surface area contributed by atoms with Crippen molar-refractivity contribution >= 4 is 21.4 Å². The summed E-state index contributed by atoms with van der Waals surface area (Å²) in [4.78, 5) is 0. The van der Waals surface area contributed by atoms with Crippen molar-refractivity contribution in [3.05, 3.63) is 0 Å². The average molecular weight is 258 g/mol. The Bertz CT molecular complexity index is 232. The largest absolute Gasteiger partial charge is 0.380 e. The molecule has 0 atom stereocenters. The topological polar surface area (TPSA) is 55.4 Å². The van der Waals surface area contributed by atoms with E-state index in [1.54, 1.807) is 0 Å². The van der Waals surface area contributed by atoms with Gasteiger partial charge < -0.3 is 10.1 Å². The summed E-state index contributed by atoms with van der Waals surface area (Å²) in [5.74, 6) is 0.782. The molecule has 0 amide bonds. The van der Waals surface area contributed by atoms with Gasteiger partial charge in [-0.2, -0.15) is 0 Å². The zero-order chi connectivity index (χ0) is 11.6. The first kappa shape index (κ1) is 15.2. The number of rotatable bonds is 10. The molecule has 0 heterocycles. The molecule has 0 aliphatic rings. The monoisotopic (exact) mass is 257 g/mol. The zero-order valence-corrected chi connectivity index (χ0v) is 10.7. The van der Waals surface area contributed by atoms with Crippen molar-refractivity contribution in [2.75, 3.05) is 44.2 Å². The van der Waals surface area contributed by atoms with Crippen molar-refractivity contribution < 1.29 is 13.2 Å².